The van der Waals surface area contributed by atoms with Gasteiger partial charge in [0.15, 0.2) is 0 Å². The molecule has 1 N–H and O–H groups in total. The van der Waals surface area contributed by atoms with Gasteiger partial charge in [0.1, 0.15) is 0 Å². The maximum atomic E-state index is 11.2. The molecule has 0 aliphatic rings. The zero-order valence-corrected chi connectivity index (χ0v) is 8.76. The summed E-state index contributed by atoms with van der Waals surface area (Å²) in [5, 5.41) is 3.19. The Balaban J connectivity index is 2.99. The van der Waals surface area contributed by atoms with Gasteiger partial charge >= 0.3 is 5.97 Å². The summed E-state index contributed by atoms with van der Waals surface area (Å²) in [6, 6.07) is 5.48. The predicted molar refractivity (Wildman–Crippen MR) is 56.7 cm³/mol. The third-order valence-corrected chi connectivity index (χ3v) is 2.03. The zero-order chi connectivity index (χ0) is 10.6. The molecule has 3 heteroatoms. The van der Waals surface area contributed by atoms with E-state index in [0.717, 1.165) is 17.8 Å². The van der Waals surface area contributed by atoms with Gasteiger partial charge < -0.3 is 10.1 Å². The van der Waals surface area contributed by atoms with Crippen LogP contribution in [-0.4, -0.2) is 19.6 Å². The van der Waals surface area contributed by atoms with E-state index in [1.54, 1.807) is 6.07 Å². The van der Waals surface area contributed by atoms with Gasteiger partial charge in [0, 0.05) is 12.2 Å². The van der Waals surface area contributed by atoms with Gasteiger partial charge in [-0.25, -0.2) is 4.79 Å². The molecule has 1 aromatic carbocycles. The fourth-order valence-corrected chi connectivity index (χ4v) is 1.25. The maximum Gasteiger partial charge on any atom is 0.337 e. The van der Waals surface area contributed by atoms with Crippen LogP contribution in [0.25, 0.3) is 0 Å². The van der Waals surface area contributed by atoms with Crippen LogP contribution in [0.5, 0.6) is 0 Å². The molecule has 14 heavy (non-hydrogen) atoms. The monoisotopic (exact) mass is 193 g/mol. The summed E-state index contributed by atoms with van der Waals surface area (Å²) in [6.45, 7) is 4.86. The molecule has 76 valence electrons. The van der Waals surface area contributed by atoms with Crippen LogP contribution >= 0.6 is 0 Å². The molecule has 0 fully saturated rings. The number of benzene rings is 1. The Bertz CT molecular complexity index is 334. The van der Waals surface area contributed by atoms with Gasteiger partial charge in [-0.1, -0.05) is 6.07 Å². The molecule has 0 atom stereocenters. The van der Waals surface area contributed by atoms with Crippen LogP contribution in [0, 0.1) is 6.92 Å². The first-order valence-corrected chi connectivity index (χ1v) is 4.62. The number of hydrogen-bond acceptors (Lipinski definition) is 3. The largest absolute Gasteiger partial charge is 0.465 e. The fraction of sp³-hybridized carbons (Fsp3) is 0.364. The van der Waals surface area contributed by atoms with Crippen molar-refractivity contribution in [1.82, 2.24) is 0 Å². The molecule has 0 saturated heterocycles. The molecular formula is C11H15NO2. The summed E-state index contributed by atoms with van der Waals surface area (Å²) in [6.07, 6.45) is 0. The van der Waals surface area contributed by atoms with Crippen LogP contribution in [0.3, 0.4) is 0 Å². The van der Waals surface area contributed by atoms with E-state index in [1.165, 1.54) is 7.11 Å². The van der Waals surface area contributed by atoms with Crippen molar-refractivity contribution in [2.45, 2.75) is 13.8 Å². The molecule has 1 rings (SSSR count). The Morgan fingerprint density at radius 2 is 2.21 bits per heavy atom. The van der Waals surface area contributed by atoms with Gasteiger partial charge in [-0.15, -0.1) is 0 Å². The molecule has 0 spiro atoms. The van der Waals surface area contributed by atoms with E-state index in [0.29, 0.717) is 5.56 Å². The molecule has 0 aromatic heterocycles. The van der Waals surface area contributed by atoms with Gasteiger partial charge in [0.25, 0.3) is 0 Å². The highest BCUT2D eigenvalue weighted by Crippen LogP contribution is 2.17. The Morgan fingerprint density at radius 1 is 1.50 bits per heavy atom. The molecule has 0 aliphatic heterocycles. The number of esters is 1. The third kappa shape index (κ3) is 2.25. The number of methoxy groups -OCH3 is 1. The van der Waals surface area contributed by atoms with Crippen LogP contribution < -0.4 is 5.32 Å². The molecule has 0 unspecified atom stereocenters. The number of nitrogens with one attached hydrogen (secondary N) is 1. The first-order valence-electron chi connectivity index (χ1n) is 4.62. The van der Waals surface area contributed by atoms with Crippen LogP contribution in [0.15, 0.2) is 18.2 Å². The van der Waals surface area contributed by atoms with Crippen molar-refractivity contribution in [3.8, 4) is 0 Å². The molecule has 0 heterocycles. The lowest BCUT2D eigenvalue weighted by Gasteiger charge is -2.08. The topological polar surface area (TPSA) is 38.3 Å². The normalized spacial score (nSPS) is 9.64. The number of rotatable bonds is 3. The van der Waals surface area contributed by atoms with E-state index in [2.05, 4.69) is 10.1 Å². The highest BCUT2D eigenvalue weighted by Gasteiger charge is 2.06. The van der Waals surface area contributed by atoms with Crippen molar-refractivity contribution < 1.29 is 9.53 Å². The van der Waals surface area contributed by atoms with Gasteiger partial charge in [-0.05, 0) is 31.5 Å². The average Bonchev–Trinajstić information content (AvgIpc) is 2.20. The highest BCUT2D eigenvalue weighted by atomic mass is 16.5. The highest BCUT2D eigenvalue weighted by molar-refractivity contribution is 5.90. The molecular weight excluding hydrogens is 178 g/mol. The number of ether oxygens (including phenoxy) is 1. The van der Waals surface area contributed by atoms with Crippen LogP contribution in [0.4, 0.5) is 5.69 Å². The summed E-state index contributed by atoms with van der Waals surface area (Å²) >= 11 is 0. The van der Waals surface area contributed by atoms with Crippen molar-refractivity contribution >= 4 is 11.7 Å². The second kappa shape index (κ2) is 4.65. The number of hydrogen-bond donors (Lipinski definition) is 1. The van der Waals surface area contributed by atoms with Gasteiger partial charge in [-0.3, -0.25) is 0 Å². The maximum absolute atomic E-state index is 11.2. The van der Waals surface area contributed by atoms with Crippen LogP contribution in [-0.2, 0) is 4.74 Å². The summed E-state index contributed by atoms with van der Waals surface area (Å²) < 4.78 is 4.64. The summed E-state index contributed by atoms with van der Waals surface area (Å²) in [7, 11) is 1.38. The quantitative estimate of drug-likeness (QED) is 0.748. The summed E-state index contributed by atoms with van der Waals surface area (Å²) in [4.78, 5) is 11.2. The predicted octanol–water partition coefficient (Wildman–Crippen LogP) is 2.21. The Hall–Kier alpha value is -1.51. The minimum absolute atomic E-state index is 0.302. The van der Waals surface area contributed by atoms with Crippen molar-refractivity contribution in [2.24, 2.45) is 0 Å². The second-order valence-corrected chi connectivity index (χ2v) is 3.05. The molecule has 0 saturated carbocycles. The van der Waals surface area contributed by atoms with E-state index in [1.807, 2.05) is 26.0 Å². The van der Waals surface area contributed by atoms with E-state index < -0.39 is 0 Å². The number of carbonyl (C=O) groups excluding carboxylic acids is 1. The third-order valence-electron chi connectivity index (χ3n) is 2.03. The lowest BCUT2D eigenvalue weighted by Crippen LogP contribution is -2.04. The first kappa shape index (κ1) is 10.6. The van der Waals surface area contributed by atoms with Crippen molar-refractivity contribution in [3.05, 3.63) is 29.3 Å². The number of carbonyl (C=O) groups is 1. The Kier molecular flexibility index (Phi) is 3.51. The van der Waals surface area contributed by atoms with Gasteiger partial charge in [-0.2, -0.15) is 0 Å². The van der Waals surface area contributed by atoms with E-state index >= 15 is 0 Å². The standard InChI is InChI=1S/C11H15NO2/c1-4-12-10-7-9(11(13)14-3)6-5-8(10)2/h5-7,12H,4H2,1-3H3. The van der Waals surface area contributed by atoms with Crippen LogP contribution in [0.1, 0.15) is 22.8 Å². The first-order chi connectivity index (χ1) is 6.69. The average molecular weight is 193 g/mol. The Morgan fingerprint density at radius 3 is 2.79 bits per heavy atom. The molecule has 0 radical (unpaired) electrons. The van der Waals surface area contributed by atoms with Crippen molar-refractivity contribution in [1.29, 1.82) is 0 Å². The molecule has 3 nitrogen and oxygen atoms in total. The number of aryl methyl sites for hydroxylation is 1. The van der Waals surface area contributed by atoms with E-state index in [9.17, 15) is 4.79 Å². The molecule has 0 bridgehead atoms. The molecule has 1 aromatic rings. The lowest BCUT2D eigenvalue weighted by molar-refractivity contribution is 0.0601. The van der Waals surface area contributed by atoms with Gasteiger partial charge in [0.05, 0.1) is 12.7 Å². The van der Waals surface area contributed by atoms with E-state index in [-0.39, 0.29) is 5.97 Å². The summed E-state index contributed by atoms with van der Waals surface area (Å²) in [5.41, 5.74) is 2.68. The fourth-order valence-electron chi connectivity index (χ4n) is 1.25. The molecule has 0 aliphatic carbocycles. The SMILES string of the molecule is CCNc1cc(C(=O)OC)ccc1C. The molecule has 0 amide bonds. The van der Waals surface area contributed by atoms with E-state index in [4.69, 9.17) is 0 Å². The number of anilines is 1. The second-order valence-electron chi connectivity index (χ2n) is 3.05. The van der Waals surface area contributed by atoms with Crippen molar-refractivity contribution in [2.75, 3.05) is 19.0 Å². The van der Waals surface area contributed by atoms with Gasteiger partial charge in [0.2, 0.25) is 0 Å². The van der Waals surface area contributed by atoms with Crippen LogP contribution in [0.2, 0.25) is 0 Å². The summed E-state index contributed by atoms with van der Waals surface area (Å²) in [5.74, 6) is -0.302. The van der Waals surface area contributed by atoms with Crippen molar-refractivity contribution in [3.63, 3.8) is 0 Å². The minimum atomic E-state index is -0.302. The smallest absolute Gasteiger partial charge is 0.337 e. The minimum Gasteiger partial charge on any atom is -0.465 e. The zero-order valence-electron chi connectivity index (χ0n) is 8.76. The lowest BCUT2D eigenvalue weighted by atomic mass is 10.1. The Labute approximate surface area is 84.1 Å².